The number of para-hydroxylation sites is 1. The highest BCUT2D eigenvalue weighted by atomic mass is 16.5. The highest BCUT2D eigenvalue weighted by Crippen LogP contribution is 2.21. The Balaban J connectivity index is 1.99. The van der Waals surface area contributed by atoms with Crippen molar-refractivity contribution in [1.29, 1.82) is 0 Å². The number of ether oxygens (including phenoxy) is 1. The summed E-state index contributed by atoms with van der Waals surface area (Å²) >= 11 is 0. The number of piperidine rings is 1. The molecular weight excluding hydrogens is 252 g/mol. The summed E-state index contributed by atoms with van der Waals surface area (Å²) in [7, 11) is 1.69. The molecule has 110 valence electrons. The molecular formula is C16H24N2O2. The predicted octanol–water partition coefficient (Wildman–Crippen LogP) is 2.20. The Morgan fingerprint density at radius 1 is 1.45 bits per heavy atom. The van der Waals surface area contributed by atoms with E-state index in [1.807, 2.05) is 24.3 Å². The Hall–Kier alpha value is -1.39. The van der Waals surface area contributed by atoms with Crippen LogP contribution in [-0.4, -0.2) is 32.2 Å². The van der Waals surface area contributed by atoms with Crippen molar-refractivity contribution in [2.75, 3.05) is 25.6 Å². The lowest BCUT2D eigenvalue weighted by atomic mass is 9.92. The summed E-state index contributed by atoms with van der Waals surface area (Å²) in [6.45, 7) is 3.72. The Kier molecular flexibility index (Phi) is 5.56. The minimum Gasteiger partial charge on any atom is -0.384 e. The van der Waals surface area contributed by atoms with Gasteiger partial charge < -0.3 is 15.4 Å². The van der Waals surface area contributed by atoms with Crippen molar-refractivity contribution in [3.63, 3.8) is 0 Å². The van der Waals surface area contributed by atoms with E-state index in [2.05, 4.69) is 17.6 Å². The van der Waals surface area contributed by atoms with Crippen LogP contribution >= 0.6 is 0 Å². The number of carbonyl (C=O) groups is 1. The number of carbonyl (C=O) groups excluding carboxylic acids is 1. The molecule has 0 radical (unpaired) electrons. The second-order valence-electron chi connectivity index (χ2n) is 5.47. The van der Waals surface area contributed by atoms with E-state index >= 15 is 0 Å². The number of hydrogen-bond acceptors (Lipinski definition) is 3. The molecule has 20 heavy (non-hydrogen) atoms. The van der Waals surface area contributed by atoms with E-state index < -0.39 is 0 Å². The molecule has 1 aliphatic rings. The van der Waals surface area contributed by atoms with Gasteiger partial charge in [0, 0.05) is 24.8 Å². The summed E-state index contributed by atoms with van der Waals surface area (Å²) in [5.74, 6) is 0.255. The van der Waals surface area contributed by atoms with Crippen LogP contribution in [0, 0.1) is 5.92 Å². The fourth-order valence-corrected chi connectivity index (χ4v) is 2.68. The molecule has 2 N–H and O–H groups in total. The van der Waals surface area contributed by atoms with Crippen LogP contribution in [-0.2, 0) is 16.0 Å². The molecule has 2 atom stereocenters. The van der Waals surface area contributed by atoms with E-state index in [9.17, 15) is 4.79 Å². The average molecular weight is 276 g/mol. The number of anilines is 1. The van der Waals surface area contributed by atoms with Crippen molar-refractivity contribution in [2.24, 2.45) is 5.92 Å². The standard InChI is InChI=1S/C16H24N2O2/c1-12-11-14(7-9-17-12)16(19)18-15-6-4-3-5-13(15)8-10-20-2/h3-6,12,14,17H,7-11H2,1-2H3,(H,18,19). The van der Waals surface area contributed by atoms with Gasteiger partial charge in [0.15, 0.2) is 0 Å². The molecule has 0 aliphatic carbocycles. The van der Waals surface area contributed by atoms with Gasteiger partial charge in [0.05, 0.1) is 6.61 Å². The van der Waals surface area contributed by atoms with Crippen LogP contribution in [0.1, 0.15) is 25.3 Å². The Labute approximate surface area is 120 Å². The molecule has 1 fully saturated rings. The second kappa shape index (κ2) is 7.41. The number of rotatable bonds is 5. The third-order valence-corrected chi connectivity index (χ3v) is 3.85. The second-order valence-corrected chi connectivity index (χ2v) is 5.47. The first-order valence-electron chi connectivity index (χ1n) is 7.31. The molecule has 0 spiro atoms. The normalized spacial score (nSPS) is 22.5. The van der Waals surface area contributed by atoms with E-state index in [1.165, 1.54) is 0 Å². The van der Waals surface area contributed by atoms with Gasteiger partial charge >= 0.3 is 0 Å². The van der Waals surface area contributed by atoms with Gasteiger partial charge in [0.2, 0.25) is 5.91 Å². The maximum atomic E-state index is 12.4. The summed E-state index contributed by atoms with van der Waals surface area (Å²) in [4.78, 5) is 12.4. The van der Waals surface area contributed by atoms with Crippen LogP contribution in [0.2, 0.25) is 0 Å². The van der Waals surface area contributed by atoms with Crippen LogP contribution in [0.5, 0.6) is 0 Å². The lowest BCUT2D eigenvalue weighted by molar-refractivity contribution is -0.120. The largest absolute Gasteiger partial charge is 0.384 e. The van der Waals surface area contributed by atoms with Gasteiger partial charge in [-0.15, -0.1) is 0 Å². The lowest BCUT2D eigenvalue weighted by Crippen LogP contribution is -2.40. The monoisotopic (exact) mass is 276 g/mol. The maximum Gasteiger partial charge on any atom is 0.227 e. The molecule has 1 aromatic rings. The first-order chi connectivity index (χ1) is 9.70. The summed E-state index contributed by atoms with van der Waals surface area (Å²) in [5.41, 5.74) is 2.05. The van der Waals surface area contributed by atoms with Gasteiger partial charge in [0.25, 0.3) is 0 Å². The van der Waals surface area contributed by atoms with Crippen LogP contribution < -0.4 is 10.6 Å². The molecule has 1 aromatic carbocycles. The number of nitrogens with one attached hydrogen (secondary N) is 2. The van der Waals surface area contributed by atoms with E-state index in [-0.39, 0.29) is 11.8 Å². The van der Waals surface area contributed by atoms with Crippen LogP contribution in [0.25, 0.3) is 0 Å². The summed E-state index contributed by atoms with van der Waals surface area (Å²) in [6, 6.07) is 8.38. The van der Waals surface area contributed by atoms with Crippen molar-refractivity contribution in [1.82, 2.24) is 5.32 Å². The zero-order valence-electron chi connectivity index (χ0n) is 12.3. The quantitative estimate of drug-likeness (QED) is 0.867. The summed E-state index contributed by atoms with van der Waals surface area (Å²) in [6.07, 6.45) is 2.64. The van der Waals surface area contributed by atoms with Crippen molar-refractivity contribution < 1.29 is 9.53 Å². The third kappa shape index (κ3) is 4.05. The number of benzene rings is 1. The SMILES string of the molecule is COCCc1ccccc1NC(=O)C1CCNC(C)C1. The highest BCUT2D eigenvalue weighted by molar-refractivity contribution is 5.93. The van der Waals surface area contributed by atoms with Gasteiger partial charge in [-0.3, -0.25) is 4.79 Å². The van der Waals surface area contributed by atoms with Crippen LogP contribution in [0.3, 0.4) is 0 Å². The predicted molar refractivity (Wildman–Crippen MR) is 80.8 cm³/mol. The van der Waals surface area contributed by atoms with E-state index in [4.69, 9.17) is 4.74 Å². The first-order valence-corrected chi connectivity index (χ1v) is 7.31. The topological polar surface area (TPSA) is 50.4 Å². The smallest absolute Gasteiger partial charge is 0.227 e. The van der Waals surface area contributed by atoms with Crippen LogP contribution in [0.15, 0.2) is 24.3 Å². The number of hydrogen-bond donors (Lipinski definition) is 2. The van der Waals surface area contributed by atoms with Crippen molar-refractivity contribution >= 4 is 11.6 Å². The van der Waals surface area contributed by atoms with Gasteiger partial charge in [-0.25, -0.2) is 0 Å². The molecule has 1 saturated heterocycles. The van der Waals surface area contributed by atoms with E-state index in [0.717, 1.165) is 37.1 Å². The maximum absolute atomic E-state index is 12.4. The lowest BCUT2D eigenvalue weighted by Gasteiger charge is -2.27. The summed E-state index contributed by atoms with van der Waals surface area (Å²) in [5, 5.41) is 6.46. The molecule has 4 heteroatoms. The Morgan fingerprint density at radius 3 is 3.00 bits per heavy atom. The highest BCUT2D eigenvalue weighted by Gasteiger charge is 2.24. The molecule has 1 aliphatic heterocycles. The number of methoxy groups -OCH3 is 1. The molecule has 4 nitrogen and oxygen atoms in total. The molecule has 2 unspecified atom stereocenters. The van der Waals surface area contributed by atoms with Crippen molar-refractivity contribution in [2.45, 2.75) is 32.2 Å². The minimum absolute atomic E-state index is 0.113. The Morgan fingerprint density at radius 2 is 2.25 bits per heavy atom. The van der Waals surface area contributed by atoms with Crippen molar-refractivity contribution in [3.8, 4) is 0 Å². The van der Waals surface area contributed by atoms with Gasteiger partial charge in [-0.1, -0.05) is 18.2 Å². The molecule has 1 heterocycles. The zero-order chi connectivity index (χ0) is 14.4. The van der Waals surface area contributed by atoms with Gasteiger partial charge in [-0.2, -0.15) is 0 Å². The molecule has 0 aromatic heterocycles. The van der Waals surface area contributed by atoms with E-state index in [1.54, 1.807) is 7.11 Å². The van der Waals surface area contributed by atoms with Gasteiger partial charge in [-0.05, 0) is 44.4 Å². The third-order valence-electron chi connectivity index (χ3n) is 3.85. The average Bonchev–Trinajstić information content (AvgIpc) is 2.46. The fraction of sp³-hybridized carbons (Fsp3) is 0.562. The summed E-state index contributed by atoms with van der Waals surface area (Å²) < 4.78 is 5.12. The van der Waals surface area contributed by atoms with E-state index in [0.29, 0.717) is 12.6 Å². The van der Waals surface area contributed by atoms with Gasteiger partial charge in [0.1, 0.15) is 0 Å². The zero-order valence-corrected chi connectivity index (χ0v) is 12.3. The minimum atomic E-state index is 0.113. The fourth-order valence-electron chi connectivity index (χ4n) is 2.68. The molecule has 1 amide bonds. The molecule has 0 saturated carbocycles. The Bertz CT molecular complexity index is 448. The molecule has 2 rings (SSSR count). The first kappa shape index (κ1) is 15.0. The van der Waals surface area contributed by atoms with Crippen LogP contribution in [0.4, 0.5) is 5.69 Å². The van der Waals surface area contributed by atoms with Crippen molar-refractivity contribution in [3.05, 3.63) is 29.8 Å². The number of amides is 1. The molecule has 0 bridgehead atoms.